The third kappa shape index (κ3) is 4.72. The lowest BCUT2D eigenvalue weighted by Crippen LogP contribution is -2.43. The zero-order chi connectivity index (χ0) is 30.7. The number of likely N-dealkylation sites (N-methyl/N-ethyl adjacent to an activating group) is 1. The van der Waals surface area contributed by atoms with Crippen molar-refractivity contribution >= 4 is 33.4 Å². The van der Waals surface area contributed by atoms with Gasteiger partial charge in [0.25, 0.3) is 0 Å². The molecular formula is C32H33F2N5O5. The van der Waals surface area contributed by atoms with E-state index in [9.17, 15) is 19.1 Å². The summed E-state index contributed by atoms with van der Waals surface area (Å²) in [6, 6.07) is 7.33. The topological polar surface area (TPSA) is 112 Å². The number of phenols is 1. The molecule has 230 valence electrons. The highest BCUT2D eigenvalue weighted by atomic mass is 19.1. The fraction of sp³-hybridized carbons (Fsp3) is 0.438. The molecule has 0 aliphatic carbocycles. The van der Waals surface area contributed by atoms with Crippen molar-refractivity contribution in [1.82, 2.24) is 19.8 Å². The first kappa shape index (κ1) is 28.5. The summed E-state index contributed by atoms with van der Waals surface area (Å²) in [6.45, 7) is 4.24. The number of carbonyl (C=O) groups excluding carboxylic acids is 1. The van der Waals surface area contributed by atoms with Crippen molar-refractivity contribution in [3.8, 4) is 23.1 Å². The Morgan fingerprint density at radius 3 is 2.82 bits per heavy atom. The molecule has 5 heterocycles. The van der Waals surface area contributed by atoms with Crippen LogP contribution in [0, 0.1) is 12.7 Å². The smallest absolute Gasteiger partial charge is 0.349 e. The maximum absolute atomic E-state index is 15.1. The maximum atomic E-state index is 15.1. The lowest BCUT2D eigenvalue weighted by Gasteiger charge is -2.31. The molecule has 0 bridgehead atoms. The number of amides is 1. The summed E-state index contributed by atoms with van der Waals surface area (Å²) in [4.78, 5) is 41.2. The third-order valence-electron chi connectivity index (χ3n) is 9.38. The number of anilines is 1. The second-order valence-corrected chi connectivity index (χ2v) is 12.1. The number of hydrogen-bond donors (Lipinski definition) is 1. The van der Waals surface area contributed by atoms with Crippen LogP contribution < -0.4 is 15.3 Å². The van der Waals surface area contributed by atoms with Gasteiger partial charge in [-0.2, -0.15) is 9.97 Å². The molecule has 2 atom stereocenters. The average Bonchev–Trinajstić information content (AvgIpc) is 3.46. The number of rotatable bonds is 5. The highest BCUT2D eigenvalue weighted by molar-refractivity contribution is 6.01. The van der Waals surface area contributed by atoms with Crippen molar-refractivity contribution in [1.29, 1.82) is 0 Å². The number of aromatic hydroxyl groups is 1. The van der Waals surface area contributed by atoms with Crippen LogP contribution in [-0.2, 0) is 4.79 Å². The Morgan fingerprint density at radius 2 is 1.98 bits per heavy atom. The number of hydrogen-bond acceptors (Lipinski definition) is 9. The molecule has 2 aromatic heterocycles. The van der Waals surface area contributed by atoms with E-state index in [0.29, 0.717) is 43.5 Å². The van der Waals surface area contributed by atoms with Crippen molar-refractivity contribution in [3.05, 3.63) is 52.1 Å². The largest absolute Gasteiger partial charge is 0.508 e. The van der Waals surface area contributed by atoms with Gasteiger partial charge in [-0.1, -0.05) is 12.1 Å². The van der Waals surface area contributed by atoms with Gasteiger partial charge in [-0.3, -0.25) is 9.69 Å². The molecule has 7 rings (SSSR count). The molecule has 0 saturated carbocycles. The van der Waals surface area contributed by atoms with Crippen molar-refractivity contribution in [2.45, 2.75) is 44.3 Å². The van der Waals surface area contributed by atoms with Gasteiger partial charge in [0.15, 0.2) is 5.82 Å². The first-order valence-electron chi connectivity index (χ1n) is 14.9. The molecule has 10 nitrogen and oxygen atoms in total. The number of alkyl halides is 1. The molecule has 44 heavy (non-hydrogen) atoms. The van der Waals surface area contributed by atoms with Crippen LogP contribution in [0.15, 0.2) is 39.5 Å². The number of carbonyl (C=O) groups is 1. The number of ether oxygens (including phenoxy) is 1. The Labute approximate surface area is 251 Å². The van der Waals surface area contributed by atoms with Gasteiger partial charge in [0.05, 0.1) is 11.1 Å². The third-order valence-corrected chi connectivity index (χ3v) is 9.38. The molecule has 3 aliphatic heterocycles. The monoisotopic (exact) mass is 605 g/mol. The summed E-state index contributed by atoms with van der Waals surface area (Å²) in [7, 11) is 1.73. The number of fused-ring (bicyclic) bond motifs is 3. The Bertz CT molecular complexity index is 1870. The van der Waals surface area contributed by atoms with Crippen molar-refractivity contribution in [2.24, 2.45) is 0 Å². The van der Waals surface area contributed by atoms with Crippen LogP contribution in [0.25, 0.3) is 33.0 Å². The lowest BCUT2D eigenvalue weighted by molar-refractivity contribution is -0.129. The van der Waals surface area contributed by atoms with Crippen LogP contribution in [0.1, 0.15) is 31.2 Å². The fourth-order valence-corrected chi connectivity index (χ4v) is 7.10. The van der Waals surface area contributed by atoms with Crippen LogP contribution in [0.4, 0.5) is 14.6 Å². The van der Waals surface area contributed by atoms with E-state index < -0.39 is 23.2 Å². The summed E-state index contributed by atoms with van der Waals surface area (Å²) in [5.74, 6) is -0.332. The van der Waals surface area contributed by atoms with Crippen LogP contribution in [-0.4, -0.2) is 88.9 Å². The average molecular weight is 606 g/mol. The minimum absolute atomic E-state index is 0.0200. The predicted octanol–water partition coefficient (Wildman–Crippen LogP) is 4.18. The van der Waals surface area contributed by atoms with Crippen LogP contribution in [0.3, 0.4) is 0 Å². The normalized spacial score (nSPS) is 22.6. The lowest BCUT2D eigenvalue weighted by atomic mass is 9.95. The number of phenolic OH excluding ortho intramolecular Hbond substituents is 1. The second-order valence-electron chi connectivity index (χ2n) is 12.1. The standard InChI is InChI=1S/C32H33F2N5O5/c1-18-27-26(30(42)44-28(18)22-14-21(40)13-19-5-3-6-23(34)25(19)22)29(38-10-7-24(41)37(2)11-12-38)36-31(35-27)43-17-32-8-4-9-39(32)16-20(33)15-32/h3,5-6,13-14,20,40H,4,7-12,15-17H2,1-2H3/t20-,32+/m1/s1. The van der Waals surface area contributed by atoms with E-state index >= 15 is 4.39 Å². The summed E-state index contributed by atoms with van der Waals surface area (Å²) >= 11 is 0. The summed E-state index contributed by atoms with van der Waals surface area (Å²) in [6.07, 6.45) is 1.43. The molecule has 3 fully saturated rings. The molecule has 1 N–H and O–H groups in total. The first-order chi connectivity index (χ1) is 21.1. The zero-order valence-corrected chi connectivity index (χ0v) is 24.6. The van der Waals surface area contributed by atoms with Gasteiger partial charge in [0.1, 0.15) is 35.5 Å². The van der Waals surface area contributed by atoms with E-state index in [-0.39, 0.29) is 64.1 Å². The molecule has 1 amide bonds. The quantitative estimate of drug-likeness (QED) is 0.358. The van der Waals surface area contributed by atoms with E-state index in [4.69, 9.17) is 9.15 Å². The minimum Gasteiger partial charge on any atom is -0.508 e. The molecule has 3 aliphatic rings. The highest BCUT2D eigenvalue weighted by Gasteiger charge is 2.49. The van der Waals surface area contributed by atoms with Gasteiger partial charge in [0.2, 0.25) is 5.91 Å². The summed E-state index contributed by atoms with van der Waals surface area (Å²) in [5, 5.41) is 11.2. The zero-order valence-electron chi connectivity index (χ0n) is 24.6. The van der Waals surface area contributed by atoms with E-state index in [1.165, 1.54) is 24.3 Å². The van der Waals surface area contributed by atoms with E-state index in [1.807, 2.05) is 4.90 Å². The van der Waals surface area contributed by atoms with Gasteiger partial charge in [-0.25, -0.2) is 13.6 Å². The number of halogens is 2. The molecular weight excluding hydrogens is 572 g/mol. The number of nitrogens with zero attached hydrogens (tertiary/aromatic N) is 5. The Morgan fingerprint density at radius 1 is 1.14 bits per heavy atom. The maximum Gasteiger partial charge on any atom is 0.349 e. The van der Waals surface area contributed by atoms with Gasteiger partial charge in [-0.15, -0.1) is 0 Å². The van der Waals surface area contributed by atoms with E-state index in [0.717, 1.165) is 19.4 Å². The number of aryl methyl sites for hydroxylation is 1. The van der Waals surface area contributed by atoms with Crippen molar-refractivity contribution in [3.63, 3.8) is 0 Å². The SMILES string of the molecule is Cc1c(-c2cc(O)cc3cccc(F)c23)oc(=O)c2c(N3CCC(=O)N(C)CC3)nc(OC[C@@]34CCCN3C[C@H](F)C4)nc12. The van der Waals surface area contributed by atoms with Gasteiger partial charge >= 0.3 is 11.6 Å². The minimum atomic E-state index is -0.925. The second kappa shape index (κ2) is 10.7. The van der Waals surface area contributed by atoms with Crippen molar-refractivity contribution in [2.75, 3.05) is 51.3 Å². The van der Waals surface area contributed by atoms with Gasteiger partial charge < -0.3 is 24.1 Å². The van der Waals surface area contributed by atoms with Crippen LogP contribution in [0.2, 0.25) is 0 Å². The molecule has 4 aromatic rings. The summed E-state index contributed by atoms with van der Waals surface area (Å²) < 4.78 is 41.7. The molecule has 2 aromatic carbocycles. The van der Waals surface area contributed by atoms with Crippen molar-refractivity contribution < 1.29 is 27.8 Å². The first-order valence-corrected chi connectivity index (χ1v) is 14.9. The Kier molecular flexibility index (Phi) is 6.91. The molecule has 0 spiro atoms. The van der Waals surface area contributed by atoms with E-state index in [1.54, 1.807) is 24.9 Å². The van der Waals surface area contributed by atoms with Crippen LogP contribution in [0.5, 0.6) is 11.8 Å². The van der Waals surface area contributed by atoms with Crippen LogP contribution >= 0.6 is 0 Å². The Hall–Kier alpha value is -4.32. The fourth-order valence-electron chi connectivity index (χ4n) is 7.10. The molecule has 3 saturated heterocycles. The van der Waals surface area contributed by atoms with Gasteiger partial charge in [-0.05, 0) is 49.9 Å². The van der Waals surface area contributed by atoms with Gasteiger partial charge in [0, 0.05) is 62.6 Å². The number of aromatic nitrogens is 2. The Balaban J connectivity index is 1.39. The number of benzene rings is 2. The molecule has 0 radical (unpaired) electrons. The molecule has 0 unspecified atom stereocenters. The molecule has 12 heteroatoms. The highest BCUT2D eigenvalue weighted by Crippen LogP contribution is 2.41. The predicted molar refractivity (Wildman–Crippen MR) is 160 cm³/mol. The summed E-state index contributed by atoms with van der Waals surface area (Å²) in [5.41, 5.74) is -0.292. The van der Waals surface area contributed by atoms with E-state index in [2.05, 4.69) is 14.9 Å².